The van der Waals surface area contributed by atoms with Crippen molar-refractivity contribution in [2.45, 2.75) is 77.7 Å². The van der Waals surface area contributed by atoms with Crippen LogP contribution in [0.5, 0.6) is 17.2 Å². The molecule has 0 saturated heterocycles. The topological polar surface area (TPSA) is 44.8 Å². The molecule has 0 aliphatic heterocycles. The van der Waals surface area contributed by atoms with Crippen LogP contribution in [0, 0.1) is 0 Å². The van der Waals surface area contributed by atoms with Gasteiger partial charge < -0.3 is 14.2 Å². The number of hydrogen-bond acceptors (Lipinski definition) is 4. The van der Waals surface area contributed by atoms with Crippen molar-refractivity contribution in [2.75, 3.05) is 6.61 Å². The second kappa shape index (κ2) is 16.7. The third-order valence-corrected chi connectivity index (χ3v) is 6.50. The minimum absolute atomic E-state index is 0.376. The summed E-state index contributed by atoms with van der Waals surface area (Å²) >= 11 is 6.37. The molecule has 0 bridgehead atoms. The van der Waals surface area contributed by atoms with E-state index in [0.29, 0.717) is 41.0 Å². The summed E-state index contributed by atoms with van der Waals surface area (Å²) in [7, 11) is 0. The maximum atomic E-state index is 12.6. The summed E-state index contributed by atoms with van der Waals surface area (Å²) in [4.78, 5) is 12.6. The molecular formula is C32H39ClO4. The zero-order valence-corrected chi connectivity index (χ0v) is 22.7. The number of halogens is 1. The molecule has 0 radical (unpaired) electrons. The highest BCUT2D eigenvalue weighted by molar-refractivity contribution is 6.32. The van der Waals surface area contributed by atoms with Gasteiger partial charge in [0.1, 0.15) is 23.9 Å². The van der Waals surface area contributed by atoms with Crippen molar-refractivity contribution in [2.24, 2.45) is 0 Å². The van der Waals surface area contributed by atoms with Crippen LogP contribution in [0.25, 0.3) is 0 Å². The maximum absolute atomic E-state index is 12.6. The summed E-state index contributed by atoms with van der Waals surface area (Å²) in [6.07, 6.45) is 12.8. The first kappa shape index (κ1) is 28.6. The van der Waals surface area contributed by atoms with E-state index in [0.717, 1.165) is 18.4 Å². The van der Waals surface area contributed by atoms with E-state index in [2.05, 4.69) is 6.92 Å². The van der Waals surface area contributed by atoms with Crippen LogP contribution in [0.3, 0.4) is 0 Å². The van der Waals surface area contributed by atoms with Gasteiger partial charge in [-0.1, -0.05) is 107 Å². The predicted molar refractivity (Wildman–Crippen MR) is 151 cm³/mol. The Morgan fingerprint density at radius 3 is 1.97 bits per heavy atom. The van der Waals surface area contributed by atoms with E-state index in [4.69, 9.17) is 25.8 Å². The van der Waals surface area contributed by atoms with Crippen molar-refractivity contribution in [3.63, 3.8) is 0 Å². The van der Waals surface area contributed by atoms with E-state index in [1.165, 1.54) is 51.4 Å². The molecule has 0 unspecified atom stereocenters. The Morgan fingerprint density at radius 1 is 0.703 bits per heavy atom. The molecule has 0 amide bonds. The SMILES string of the molecule is CCCCCCCCCCCCOc1ccc(C(=O)Oc2ccc(OCc3ccccc3)cc2)cc1Cl. The van der Waals surface area contributed by atoms with Crippen LogP contribution in [-0.2, 0) is 6.61 Å². The van der Waals surface area contributed by atoms with Crippen LogP contribution in [0.15, 0.2) is 72.8 Å². The highest BCUT2D eigenvalue weighted by Crippen LogP contribution is 2.27. The number of esters is 1. The Morgan fingerprint density at radius 2 is 1.32 bits per heavy atom. The average Bonchev–Trinajstić information content (AvgIpc) is 2.92. The van der Waals surface area contributed by atoms with E-state index >= 15 is 0 Å². The monoisotopic (exact) mass is 522 g/mol. The molecule has 0 N–H and O–H groups in total. The number of unbranched alkanes of at least 4 members (excludes halogenated alkanes) is 9. The van der Waals surface area contributed by atoms with Crippen molar-refractivity contribution < 1.29 is 19.0 Å². The number of benzene rings is 3. The molecule has 198 valence electrons. The third-order valence-electron chi connectivity index (χ3n) is 6.21. The lowest BCUT2D eigenvalue weighted by Gasteiger charge is -2.10. The summed E-state index contributed by atoms with van der Waals surface area (Å²) in [5.41, 5.74) is 1.46. The van der Waals surface area contributed by atoms with Crippen molar-refractivity contribution in [3.8, 4) is 17.2 Å². The average molecular weight is 523 g/mol. The Labute approximate surface area is 226 Å². The van der Waals surface area contributed by atoms with Gasteiger partial charge in [-0.05, 0) is 54.4 Å². The summed E-state index contributed by atoms with van der Waals surface area (Å²) in [6.45, 7) is 3.35. The highest BCUT2D eigenvalue weighted by atomic mass is 35.5. The Bertz CT molecular complexity index is 1050. The molecule has 0 fully saturated rings. The normalized spacial score (nSPS) is 10.8. The second-order valence-corrected chi connectivity index (χ2v) is 9.72. The van der Waals surface area contributed by atoms with Gasteiger partial charge in [-0.3, -0.25) is 0 Å². The van der Waals surface area contributed by atoms with E-state index in [1.807, 2.05) is 30.3 Å². The number of carbonyl (C=O) groups is 1. The van der Waals surface area contributed by atoms with Gasteiger partial charge in [-0.15, -0.1) is 0 Å². The van der Waals surface area contributed by atoms with Gasteiger partial charge >= 0.3 is 5.97 Å². The number of hydrogen-bond donors (Lipinski definition) is 0. The molecule has 0 atom stereocenters. The Kier molecular flexibility index (Phi) is 12.9. The fourth-order valence-corrected chi connectivity index (χ4v) is 4.26. The standard InChI is InChI=1S/C32H39ClO4/c1-2-3-4-5-6-7-8-9-10-14-23-35-31-22-17-27(24-30(31)33)32(34)37-29-20-18-28(19-21-29)36-25-26-15-12-11-13-16-26/h11-13,15-22,24H,2-10,14,23,25H2,1H3. The van der Waals surface area contributed by atoms with Crippen molar-refractivity contribution in [1.82, 2.24) is 0 Å². The highest BCUT2D eigenvalue weighted by Gasteiger charge is 2.12. The largest absolute Gasteiger partial charge is 0.492 e. The number of ether oxygens (including phenoxy) is 3. The lowest BCUT2D eigenvalue weighted by atomic mass is 10.1. The molecule has 4 nitrogen and oxygen atoms in total. The zero-order valence-electron chi connectivity index (χ0n) is 21.9. The molecule has 5 heteroatoms. The fourth-order valence-electron chi connectivity index (χ4n) is 4.03. The molecule has 0 spiro atoms. The summed E-state index contributed by atoms with van der Waals surface area (Å²) < 4.78 is 17.1. The predicted octanol–water partition coefficient (Wildman–Crippen LogP) is 9.44. The summed E-state index contributed by atoms with van der Waals surface area (Å²) in [6, 6.07) is 21.9. The molecule has 0 heterocycles. The number of carbonyl (C=O) groups excluding carboxylic acids is 1. The molecule has 3 aromatic carbocycles. The lowest BCUT2D eigenvalue weighted by Crippen LogP contribution is -2.09. The molecule has 0 aromatic heterocycles. The minimum Gasteiger partial charge on any atom is -0.492 e. The van der Waals surface area contributed by atoms with Gasteiger partial charge in [0.05, 0.1) is 17.2 Å². The van der Waals surface area contributed by atoms with Crippen LogP contribution >= 0.6 is 11.6 Å². The van der Waals surface area contributed by atoms with Crippen molar-refractivity contribution >= 4 is 17.6 Å². The molecule has 37 heavy (non-hydrogen) atoms. The first-order chi connectivity index (χ1) is 18.2. The third kappa shape index (κ3) is 10.9. The number of rotatable bonds is 17. The first-order valence-electron chi connectivity index (χ1n) is 13.6. The smallest absolute Gasteiger partial charge is 0.343 e. The second-order valence-electron chi connectivity index (χ2n) is 9.31. The van der Waals surface area contributed by atoms with Crippen LogP contribution in [0.4, 0.5) is 0 Å². The van der Waals surface area contributed by atoms with E-state index in [1.54, 1.807) is 42.5 Å². The van der Waals surface area contributed by atoms with Crippen LogP contribution < -0.4 is 14.2 Å². The molecule has 0 saturated carbocycles. The summed E-state index contributed by atoms with van der Waals surface area (Å²) in [5, 5.41) is 0.409. The molecule has 3 aromatic rings. The van der Waals surface area contributed by atoms with Gasteiger partial charge in [0.2, 0.25) is 0 Å². The van der Waals surface area contributed by atoms with Gasteiger partial charge in [0.15, 0.2) is 0 Å². The lowest BCUT2D eigenvalue weighted by molar-refractivity contribution is 0.0734. The Hall–Kier alpha value is -2.98. The van der Waals surface area contributed by atoms with Gasteiger partial charge in [-0.25, -0.2) is 4.79 Å². The van der Waals surface area contributed by atoms with Crippen LogP contribution in [0.2, 0.25) is 5.02 Å². The Balaban J connectivity index is 1.34. The fraction of sp³-hybridized carbons (Fsp3) is 0.406. The molecule has 0 aliphatic rings. The maximum Gasteiger partial charge on any atom is 0.343 e. The molecule has 0 aliphatic carbocycles. The van der Waals surface area contributed by atoms with E-state index in [9.17, 15) is 4.79 Å². The quantitative estimate of drug-likeness (QED) is 0.101. The van der Waals surface area contributed by atoms with E-state index < -0.39 is 5.97 Å². The van der Waals surface area contributed by atoms with Crippen LogP contribution in [0.1, 0.15) is 87.1 Å². The van der Waals surface area contributed by atoms with Gasteiger partial charge in [0.25, 0.3) is 0 Å². The van der Waals surface area contributed by atoms with Crippen molar-refractivity contribution in [3.05, 3.63) is 88.9 Å². The van der Waals surface area contributed by atoms with Gasteiger partial charge in [-0.2, -0.15) is 0 Å². The first-order valence-corrected chi connectivity index (χ1v) is 13.9. The van der Waals surface area contributed by atoms with Crippen LogP contribution in [-0.4, -0.2) is 12.6 Å². The minimum atomic E-state index is -0.471. The zero-order chi connectivity index (χ0) is 26.1. The molecular weight excluding hydrogens is 484 g/mol. The van der Waals surface area contributed by atoms with E-state index in [-0.39, 0.29) is 0 Å². The van der Waals surface area contributed by atoms with Crippen molar-refractivity contribution in [1.29, 1.82) is 0 Å². The summed E-state index contributed by atoms with van der Waals surface area (Å²) in [5.74, 6) is 1.26. The molecule has 3 rings (SSSR count). The van der Waals surface area contributed by atoms with Gasteiger partial charge in [0, 0.05) is 0 Å².